The highest BCUT2D eigenvalue weighted by Crippen LogP contribution is 2.35. The summed E-state index contributed by atoms with van der Waals surface area (Å²) in [7, 11) is 0. The molecule has 2 unspecified atom stereocenters. The van der Waals surface area contributed by atoms with Gasteiger partial charge in [-0.05, 0) is 46.7 Å². The average molecular weight is 299 g/mol. The SMILES string of the molecule is CC(=O)NCCC(O)C(O)c1ccc2c3c(cccc13)CC2. The minimum absolute atomic E-state index is 0.132. The molecule has 0 fully saturated rings. The van der Waals surface area contributed by atoms with Gasteiger partial charge in [0.1, 0.15) is 6.10 Å². The van der Waals surface area contributed by atoms with Gasteiger partial charge in [-0.15, -0.1) is 0 Å². The van der Waals surface area contributed by atoms with E-state index in [2.05, 4.69) is 17.4 Å². The molecule has 0 bridgehead atoms. The van der Waals surface area contributed by atoms with Crippen LogP contribution in [0.25, 0.3) is 10.8 Å². The van der Waals surface area contributed by atoms with Gasteiger partial charge in [-0.3, -0.25) is 4.79 Å². The number of aliphatic hydroxyl groups is 2. The molecule has 0 spiro atoms. The zero-order valence-corrected chi connectivity index (χ0v) is 12.7. The van der Waals surface area contributed by atoms with Gasteiger partial charge in [-0.25, -0.2) is 0 Å². The van der Waals surface area contributed by atoms with Crippen LogP contribution < -0.4 is 5.32 Å². The maximum absolute atomic E-state index is 10.9. The van der Waals surface area contributed by atoms with Gasteiger partial charge in [0.25, 0.3) is 0 Å². The summed E-state index contributed by atoms with van der Waals surface area (Å²) >= 11 is 0. The Labute approximate surface area is 129 Å². The van der Waals surface area contributed by atoms with Crippen LogP contribution in [0.2, 0.25) is 0 Å². The van der Waals surface area contributed by atoms with Crippen molar-refractivity contribution in [2.45, 2.75) is 38.4 Å². The fourth-order valence-corrected chi connectivity index (χ4v) is 3.29. The molecule has 1 amide bonds. The van der Waals surface area contributed by atoms with Crippen LogP contribution in [0.1, 0.15) is 36.1 Å². The Morgan fingerprint density at radius 1 is 1.18 bits per heavy atom. The molecule has 0 radical (unpaired) electrons. The molecule has 3 N–H and O–H groups in total. The molecule has 1 aliphatic rings. The van der Waals surface area contributed by atoms with Crippen LogP contribution in [0.3, 0.4) is 0 Å². The molecule has 0 aromatic heterocycles. The number of rotatable bonds is 5. The topological polar surface area (TPSA) is 69.6 Å². The molecule has 1 aliphatic carbocycles. The van der Waals surface area contributed by atoms with Crippen molar-refractivity contribution in [2.24, 2.45) is 0 Å². The number of nitrogens with one attached hydrogen (secondary N) is 1. The average Bonchev–Trinajstić information content (AvgIpc) is 2.92. The lowest BCUT2D eigenvalue weighted by Crippen LogP contribution is -2.27. The Morgan fingerprint density at radius 2 is 1.91 bits per heavy atom. The van der Waals surface area contributed by atoms with Gasteiger partial charge >= 0.3 is 0 Å². The Balaban J connectivity index is 1.86. The first-order valence-corrected chi connectivity index (χ1v) is 7.72. The number of hydrogen-bond donors (Lipinski definition) is 3. The first kappa shape index (κ1) is 15.0. The first-order valence-electron chi connectivity index (χ1n) is 7.72. The van der Waals surface area contributed by atoms with Crippen molar-refractivity contribution < 1.29 is 15.0 Å². The zero-order chi connectivity index (χ0) is 15.7. The largest absolute Gasteiger partial charge is 0.390 e. The van der Waals surface area contributed by atoms with Crippen molar-refractivity contribution in [1.82, 2.24) is 5.32 Å². The summed E-state index contributed by atoms with van der Waals surface area (Å²) in [4.78, 5) is 10.9. The van der Waals surface area contributed by atoms with Crippen LogP contribution in [0.5, 0.6) is 0 Å². The third kappa shape index (κ3) is 2.72. The molecular weight excluding hydrogens is 278 g/mol. The second kappa shape index (κ2) is 6.07. The van der Waals surface area contributed by atoms with Gasteiger partial charge in [-0.1, -0.05) is 30.3 Å². The Bertz CT molecular complexity index is 701. The second-order valence-electron chi connectivity index (χ2n) is 5.94. The standard InChI is InChI=1S/C18H21NO3/c1-11(20)19-10-9-16(21)18(22)15-8-7-13-6-5-12-3-2-4-14(15)17(12)13/h2-4,7-8,16,18,21-22H,5-6,9-10H2,1H3,(H,19,20). The van der Waals surface area contributed by atoms with Gasteiger partial charge < -0.3 is 15.5 Å². The number of benzene rings is 2. The van der Waals surface area contributed by atoms with Crippen LogP contribution in [0.4, 0.5) is 0 Å². The first-order chi connectivity index (χ1) is 10.6. The zero-order valence-electron chi connectivity index (χ0n) is 12.7. The predicted octanol–water partition coefficient (Wildman–Crippen LogP) is 1.86. The molecule has 0 saturated heterocycles. The third-order valence-electron chi connectivity index (χ3n) is 4.41. The van der Waals surface area contributed by atoms with Gasteiger partial charge in [0.05, 0.1) is 6.10 Å². The number of hydrogen-bond acceptors (Lipinski definition) is 3. The molecule has 0 aliphatic heterocycles. The Hall–Kier alpha value is -1.91. The van der Waals surface area contributed by atoms with Gasteiger partial charge in [0.2, 0.25) is 5.91 Å². The molecule has 116 valence electrons. The number of amides is 1. The highest BCUT2D eigenvalue weighted by molar-refractivity contribution is 5.93. The van der Waals surface area contributed by atoms with E-state index >= 15 is 0 Å². The summed E-state index contributed by atoms with van der Waals surface area (Å²) in [5.74, 6) is -0.132. The van der Waals surface area contributed by atoms with Crippen molar-refractivity contribution in [3.05, 3.63) is 47.0 Å². The molecule has 22 heavy (non-hydrogen) atoms. The smallest absolute Gasteiger partial charge is 0.216 e. The quantitative estimate of drug-likeness (QED) is 0.789. The maximum Gasteiger partial charge on any atom is 0.216 e. The number of carbonyl (C=O) groups excluding carboxylic acids is 1. The van der Waals surface area contributed by atoms with E-state index in [9.17, 15) is 15.0 Å². The molecule has 0 heterocycles. The number of aryl methyl sites for hydroxylation is 2. The van der Waals surface area contributed by atoms with Gasteiger partial charge in [0, 0.05) is 13.5 Å². The second-order valence-corrected chi connectivity index (χ2v) is 5.94. The molecule has 4 heteroatoms. The highest BCUT2D eigenvalue weighted by Gasteiger charge is 2.23. The summed E-state index contributed by atoms with van der Waals surface area (Å²) in [6.07, 6.45) is 0.558. The summed E-state index contributed by atoms with van der Waals surface area (Å²) in [5, 5.41) is 25.6. The van der Waals surface area contributed by atoms with Crippen LogP contribution in [0, 0.1) is 0 Å². The molecule has 2 aromatic rings. The molecule has 3 rings (SSSR count). The fourth-order valence-electron chi connectivity index (χ4n) is 3.29. The normalized spacial score (nSPS) is 15.8. The lowest BCUT2D eigenvalue weighted by Gasteiger charge is -2.20. The monoisotopic (exact) mass is 299 g/mol. The van der Waals surface area contributed by atoms with Crippen LogP contribution in [0.15, 0.2) is 30.3 Å². The predicted molar refractivity (Wildman–Crippen MR) is 85.6 cm³/mol. The van der Waals surface area contributed by atoms with Crippen molar-refractivity contribution in [1.29, 1.82) is 0 Å². The van der Waals surface area contributed by atoms with E-state index in [1.807, 2.05) is 18.2 Å². The summed E-state index contributed by atoms with van der Waals surface area (Å²) in [6, 6.07) is 10.1. The molecule has 2 aromatic carbocycles. The minimum Gasteiger partial charge on any atom is -0.390 e. The van der Waals surface area contributed by atoms with E-state index in [0.29, 0.717) is 13.0 Å². The van der Waals surface area contributed by atoms with E-state index in [-0.39, 0.29) is 5.91 Å². The van der Waals surface area contributed by atoms with E-state index in [1.54, 1.807) is 0 Å². The van der Waals surface area contributed by atoms with Crippen LogP contribution in [-0.2, 0) is 17.6 Å². The lowest BCUT2D eigenvalue weighted by molar-refractivity contribution is -0.119. The third-order valence-corrected chi connectivity index (χ3v) is 4.41. The summed E-state index contributed by atoms with van der Waals surface area (Å²) in [6.45, 7) is 1.79. The van der Waals surface area contributed by atoms with Crippen LogP contribution in [-0.4, -0.2) is 28.8 Å². The Kier molecular flexibility index (Phi) is 4.14. The molecule has 0 saturated carbocycles. The van der Waals surface area contributed by atoms with E-state index in [0.717, 1.165) is 23.8 Å². The van der Waals surface area contributed by atoms with Crippen molar-refractivity contribution in [3.8, 4) is 0 Å². The fraction of sp³-hybridized carbons (Fsp3) is 0.389. The maximum atomic E-state index is 10.9. The number of carbonyl (C=O) groups is 1. The summed E-state index contributed by atoms with van der Waals surface area (Å²) in [5.41, 5.74) is 3.39. The van der Waals surface area contributed by atoms with Crippen molar-refractivity contribution >= 4 is 16.7 Å². The Morgan fingerprint density at radius 3 is 2.64 bits per heavy atom. The van der Waals surface area contributed by atoms with E-state index in [4.69, 9.17) is 0 Å². The van der Waals surface area contributed by atoms with Crippen molar-refractivity contribution in [2.75, 3.05) is 6.54 Å². The summed E-state index contributed by atoms with van der Waals surface area (Å²) < 4.78 is 0. The minimum atomic E-state index is -0.946. The lowest BCUT2D eigenvalue weighted by atomic mass is 9.93. The highest BCUT2D eigenvalue weighted by atomic mass is 16.3. The molecular formula is C18H21NO3. The van der Waals surface area contributed by atoms with Gasteiger partial charge in [0.15, 0.2) is 0 Å². The molecule has 2 atom stereocenters. The van der Waals surface area contributed by atoms with Gasteiger partial charge in [-0.2, -0.15) is 0 Å². The van der Waals surface area contributed by atoms with E-state index in [1.165, 1.54) is 23.4 Å². The van der Waals surface area contributed by atoms with Crippen molar-refractivity contribution in [3.63, 3.8) is 0 Å². The van der Waals surface area contributed by atoms with Crippen LogP contribution >= 0.6 is 0 Å². The molecule has 4 nitrogen and oxygen atoms in total. The van der Waals surface area contributed by atoms with E-state index < -0.39 is 12.2 Å². The number of aliphatic hydroxyl groups excluding tert-OH is 2.